The van der Waals surface area contributed by atoms with Gasteiger partial charge in [-0.2, -0.15) is 0 Å². The fourth-order valence-electron chi connectivity index (χ4n) is 1.25. The van der Waals surface area contributed by atoms with Gasteiger partial charge in [0.15, 0.2) is 0 Å². The zero-order valence-electron chi connectivity index (χ0n) is 5.10. The second-order valence-electron chi connectivity index (χ2n) is 2.39. The van der Waals surface area contributed by atoms with Gasteiger partial charge < -0.3 is 5.73 Å². The van der Waals surface area contributed by atoms with E-state index in [9.17, 15) is 0 Å². The fraction of sp³-hybridized carbons (Fsp3) is 1.00. The van der Waals surface area contributed by atoms with Gasteiger partial charge in [0.05, 0.1) is 0 Å². The number of hydrogen-bond acceptors (Lipinski definition) is 1. The van der Waals surface area contributed by atoms with Crippen LogP contribution in [0.5, 0.6) is 0 Å². The van der Waals surface area contributed by atoms with Crippen molar-refractivity contribution in [1.29, 1.82) is 0 Å². The Bertz CT molecular complexity index is 50.5. The summed E-state index contributed by atoms with van der Waals surface area (Å²) in [6, 6.07) is 0. The lowest BCUT2D eigenvalue weighted by Crippen LogP contribution is -2.09. The van der Waals surface area contributed by atoms with Gasteiger partial charge in [-0.1, -0.05) is 12.8 Å². The lowest BCUT2D eigenvalue weighted by molar-refractivity contribution is 0.562. The van der Waals surface area contributed by atoms with E-state index < -0.39 is 0 Å². The third-order valence-corrected chi connectivity index (χ3v) is 1.81. The Morgan fingerprint density at radius 1 is 1.25 bits per heavy atom. The van der Waals surface area contributed by atoms with Crippen molar-refractivity contribution in [2.24, 2.45) is 11.7 Å². The molecule has 1 aliphatic carbocycles. The first-order valence-electron chi connectivity index (χ1n) is 3.13. The largest absolute Gasteiger partial charge is 0.330 e. The summed E-state index contributed by atoms with van der Waals surface area (Å²) in [7, 11) is 0. The van der Waals surface area contributed by atoms with Crippen LogP contribution >= 0.6 is 12.4 Å². The van der Waals surface area contributed by atoms with E-state index in [1.165, 1.54) is 25.7 Å². The van der Waals surface area contributed by atoms with Crippen LogP contribution in [0.15, 0.2) is 0 Å². The van der Waals surface area contributed by atoms with Gasteiger partial charge in [-0.25, -0.2) is 0 Å². The van der Waals surface area contributed by atoms with E-state index in [0.717, 1.165) is 12.5 Å². The van der Waals surface area contributed by atoms with Crippen LogP contribution in [-0.2, 0) is 0 Å². The van der Waals surface area contributed by atoms with E-state index in [1.54, 1.807) is 0 Å². The maximum atomic E-state index is 5.43. The summed E-state index contributed by atoms with van der Waals surface area (Å²) in [6.45, 7) is 0.917. The summed E-state index contributed by atoms with van der Waals surface area (Å²) in [5.41, 5.74) is 5.43. The van der Waals surface area contributed by atoms with E-state index in [4.69, 9.17) is 5.73 Å². The predicted molar refractivity (Wildman–Crippen MR) is 38.3 cm³/mol. The summed E-state index contributed by atoms with van der Waals surface area (Å²) in [6.07, 6.45) is 5.61. The molecule has 50 valence electrons. The first-order valence-corrected chi connectivity index (χ1v) is 3.13. The zero-order chi connectivity index (χ0) is 5.11. The SMILES string of the molecule is Cl.NCC1CCCC1. The molecule has 2 heteroatoms. The lowest BCUT2D eigenvalue weighted by atomic mass is 10.1. The normalized spacial score (nSPS) is 20.6. The van der Waals surface area contributed by atoms with Gasteiger partial charge in [0, 0.05) is 0 Å². The molecule has 0 bridgehead atoms. The van der Waals surface area contributed by atoms with Crippen LogP contribution in [0, 0.1) is 5.92 Å². The molecule has 2 N–H and O–H groups in total. The molecule has 0 radical (unpaired) electrons. The molecular weight excluding hydrogens is 122 g/mol. The number of nitrogens with two attached hydrogens (primary N) is 1. The average molecular weight is 136 g/mol. The Morgan fingerprint density at radius 3 is 2.00 bits per heavy atom. The van der Waals surface area contributed by atoms with Crippen LogP contribution in [0.4, 0.5) is 0 Å². The monoisotopic (exact) mass is 135 g/mol. The molecule has 1 aliphatic rings. The Hall–Kier alpha value is 0.250. The molecule has 0 aromatic rings. The van der Waals surface area contributed by atoms with Gasteiger partial charge in [0.1, 0.15) is 0 Å². The minimum atomic E-state index is 0. The molecule has 0 aliphatic heterocycles. The lowest BCUT2D eigenvalue weighted by Gasteiger charge is -1.99. The van der Waals surface area contributed by atoms with Crippen LogP contribution in [0.25, 0.3) is 0 Å². The molecule has 0 saturated heterocycles. The van der Waals surface area contributed by atoms with Crippen molar-refractivity contribution in [3.8, 4) is 0 Å². The molecule has 0 unspecified atom stereocenters. The van der Waals surface area contributed by atoms with Gasteiger partial charge in [-0.15, -0.1) is 12.4 Å². The molecule has 1 saturated carbocycles. The molecule has 0 aromatic carbocycles. The van der Waals surface area contributed by atoms with Crippen molar-refractivity contribution in [3.05, 3.63) is 0 Å². The second kappa shape index (κ2) is 4.16. The molecule has 0 heterocycles. The third-order valence-electron chi connectivity index (χ3n) is 1.81. The first-order chi connectivity index (χ1) is 3.43. The van der Waals surface area contributed by atoms with Gasteiger partial charge >= 0.3 is 0 Å². The molecule has 1 fully saturated rings. The minimum Gasteiger partial charge on any atom is -0.330 e. The highest BCUT2D eigenvalue weighted by molar-refractivity contribution is 5.85. The topological polar surface area (TPSA) is 26.0 Å². The van der Waals surface area contributed by atoms with Gasteiger partial charge in [0.25, 0.3) is 0 Å². The van der Waals surface area contributed by atoms with E-state index >= 15 is 0 Å². The molecule has 0 spiro atoms. The highest BCUT2D eigenvalue weighted by Gasteiger charge is 2.11. The highest BCUT2D eigenvalue weighted by atomic mass is 35.5. The highest BCUT2D eigenvalue weighted by Crippen LogP contribution is 2.22. The van der Waals surface area contributed by atoms with Crippen LogP contribution < -0.4 is 5.73 Å². The quantitative estimate of drug-likeness (QED) is 0.580. The van der Waals surface area contributed by atoms with Gasteiger partial charge in [0.2, 0.25) is 0 Å². The molecule has 1 nitrogen and oxygen atoms in total. The van der Waals surface area contributed by atoms with Gasteiger partial charge in [-0.05, 0) is 25.3 Å². The molecule has 0 atom stereocenters. The molecule has 1 rings (SSSR count). The molecule has 0 amide bonds. The molecule has 0 aromatic heterocycles. The van der Waals surface area contributed by atoms with Crippen LogP contribution in [0.3, 0.4) is 0 Å². The summed E-state index contributed by atoms with van der Waals surface area (Å²) >= 11 is 0. The van der Waals surface area contributed by atoms with Crippen LogP contribution in [0.1, 0.15) is 25.7 Å². The summed E-state index contributed by atoms with van der Waals surface area (Å²) in [5.74, 6) is 0.875. The number of halogens is 1. The number of rotatable bonds is 1. The van der Waals surface area contributed by atoms with Crippen molar-refractivity contribution in [2.75, 3.05) is 6.54 Å². The van der Waals surface area contributed by atoms with E-state index in [-0.39, 0.29) is 12.4 Å². The standard InChI is InChI=1S/C6H13N.ClH/c7-5-6-3-1-2-4-6;/h6H,1-5,7H2;1H. The Kier molecular flexibility index (Phi) is 4.29. The zero-order valence-corrected chi connectivity index (χ0v) is 5.91. The fourth-order valence-corrected chi connectivity index (χ4v) is 1.25. The predicted octanol–water partition coefficient (Wildman–Crippen LogP) is 1.56. The third kappa shape index (κ3) is 2.01. The van der Waals surface area contributed by atoms with E-state index in [1.807, 2.05) is 0 Å². The van der Waals surface area contributed by atoms with Gasteiger partial charge in [-0.3, -0.25) is 0 Å². The average Bonchev–Trinajstić information content (AvgIpc) is 2.14. The minimum absolute atomic E-state index is 0. The Balaban J connectivity index is 0.000000490. The van der Waals surface area contributed by atoms with Crippen molar-refractivity contribution in [2.45, 2.75) is 25.7 Å². The number of hydrogen-bond donors (Lipinski definition) is 1. The summed E-state index contributed by atoms with van der Waals surface area (Å²) in [4.78, 5) is 0. The maximum Gasteiger partial charge on any atom is -0.00489 e. The Labute approximate surface area is 57.1 Å². The van der Waals surface area contributed by atoms with Crippen molar-refractivity contribution >= 4 is 12.4 Å². The summed E-state index contributed by atoms with van der Waals surface area (Å²) < 4.78 is 0. The van der Waals surface area contributed by atoms with Crippen molar-refractivity contribution < 1.29 is 0 Å². The van der Waals surface area contributed by atoms with Crippen LogP contribution in [0.2, 0.25) is 0 Å². The van der Waals surface area contributed by atoms with E-state index in [0.29, 0.717) is 0 Å². The van der Waals surface area contributed by atoms with Crippen LogP contribution in [-0.4, -0.2) is 6.54 Å². The van der Waals surface area contributed by atoms with Crippen molar-refractivity contribution in [3.63, 3.8) is 0 Å². The summed E-state index contributed by atoms with van der Waals surface area (Å²) in [5, 5.41) is 0. The molecular formula is C6H14ClN. The van der Waals surface area contributed by atoms with E-state index in [2.05, 4.69) is 0 Å². The Morgan fingerprint density at radius 2 is 1.75 bits per heavy atom. The maximum absolute atomic E-state index is 5.43. The molecule has 8 heavy (non-hydrogen) atoms. The van der Waals surface area contributed by atoms with Crippen molar-refractivity contribution in [1.82, 2.24) is 0 Å². The second-order valence-corrected chi connectivity index (χ2v) is 2.39. The smallest absolute Gasteiger partial charge is 0.00489 e. The first kappa shape index (κ1) is 8.25.